The Morgan fingerprint density at radius 2 is 2.15 bits per heavy atom. The summed E-state index contributed by atoms with van der Waals surface area (Å²) in [6.45, 7) is 1.67. The fourth-order valence-corrected chi connectivity index (χ4v) is 1.58. The molecule has 1 aromatic carbocycles. The molecule has 1 rings (SSSR count). The Kier molecular flexibility index (Phi) is 8.46. The molecule has 4 nitrogen and oxygen atoms in total. The van der Waals surface area contributed by atoms with Crippen LogP contribution in [0.25, 0.3) is 0 Å². The zero-order valence-electron chi connectivity index (χ0n) is 12.1. The van der Waals surface area contributed by atoms with Gasteiger partial charge in [0.25, 0.3) is 0 Å². The first-order chi connectivity index (χ1) is 9.02. The van der Waals surface area contributed by atoms with Gasteiger partial charge in [0.15, 0.2) is 0 Å². The van der Waals surface area contributed by atoms with Crippen molar-refractivity contribution in [2.75, 3.05) is 34.2 Å². The number of benzene rings is 1. The van der Waals surface area contributed by atoms with Crippen molar-refractivity contribution >= 4 is 6.09 Å². The summed E-state index contributed by atoms with van der Waals surface area (Å²) in [5, 5.41) is 0. The number of hydrogen-bond acceptors (Lipinski definition) is 2. The number of terminal acetylenes is 1. The Morgan fingerprint density at radius 1 is 1.45 bits per heavy atom. The largest absolute Gasteiger partial charge is 1.00 e. The summed E-state index contributed by atoms with van der Waals surface area (Å²) >= 11 is 0. The van der Waals surface area contributed by atoms with E-state index in [4.69, 9.17) is 11.2 Å². The van der Waals surface area contributed by atoms with Crippen LogP contribution in [0.3, 0.4) is 0 Å². The van der Waals surface area contributed by atoms with Crippen molar-refractivity contribution in [3.63, 3.8) is 0 Å². The number of carbonyl (C=O) groups excluding carboxylic acids is 1. The molecule has 0 radical (unpaired) electrons. The molecular formula is C15H21ClN2O2. The summed E-state index contributed by atoms with van der Waals surface area (Å²) in [6.07, 6.45) is 5.81. The van der Waals surface area contributed by atoms with Gasteiger partial charge < -0.3 is 26.9 Å². The maximum Gasteiger partial charge on any atom is 0.414 e. The van der Waals surface area contributed by atoms with Crippen LogP contribution in [0, 0.1) is 12.3 Å². The SMILES string of the molecule is C#CC[NH+](C)CCc1cccc(OC(=O)N(C)C)c1.[Cl-]. The molecule has 1 N–H and O–H groups in total. The maximum atomic E-state index is 11.5. The van der Waals surface area contributed by atoms with E-state index >= 15 is 0 Å². The minimum absolute atomic E-state index is 0. The minimum atomic E-state index is -0.368. The second kappa shape index (κ2) is 9.24. The zero-order chi connectivity index (χ0) is 14.3. The molecule has 0 aliphatic carbocycles. The number of nitrogens with zero attached hydrogens (tertiary/aromatic N) is 1. The van der Waals surface area contributed by atoms with Gasteiger partial charge in [0.2, 0.25) is 0 Å². The average molecular weight is 297 g/mol. The molecule has 20 heavy (non-hydrogen) atoms. The lowest BCUT2D eigenvalue weighted by atomic mass is 10.1. The summed E-state index contributed by atoms with van der Waals surface area (Å²) < 4.78 is 5.22. The van der Waals surface area contributed by atoms with Gasteiger partial charge in [-0.05, 0) is 23.6 Å². The van der Waals surface area contributed by atoms with Crippen LogP contribution in [0.2, 0.25) is 0 Å². The fraction of sp³-hybridized carbons (Fsp3) is 0.400. The number of hydrogen-bond donors (Lipinski definition) is 1. The second-order valence-electron chi connectivity index (χ2n) is 4.75. The second-order valence-corrected chi connectivity index (χ2v) is 4.75. The van der Waals surface area contributed by atoms with Crippen LogP contribution < -0.4 is 22.0 Å². The van der Waals surface area contributed by atoms with Crippen LogP contribution in [0.1, 0.15) is 5.56 Å². The molecule has 0 aliphatic heterocycles. The van der Waals surface area contributed by atoms with Crippen LogP contribution in [0.4, 0.5) is 4.79 Å². The highest BCUT2D eigenvalue weighted by molar-refractivity contribution is 5.69. The molecule has 0 bridgehead atoms. The van der Waals surface area contributed by atoms with Crippen LogP contribution in [-0.4, -0.2) is 45.2 Å². The number of quaternary nitrogens is 1. The first-order valence-corrected chi connectivity index (χ1v) is 6.25. The molecule has 0 heterocycles. The number of nitrogens with one attached hydrogen (secondary N) is 1. The van der Waals surface area contributed by atoms with Crippen molar-refractivity contribution in [2.24, 2.45) is 0 Å². The standard InChI is InChI=1S/C15H20N2O2.ClH/c1-5-10-17(4)11-9-13-7-6-8-14(12-13)19-15(18)16(2)3;/h1,6-8,12H,9-11H2,2-4H3;1H. The average Bonchev–Trinajstić information content (AvgIpc) is 2.37. The Morgan fingerprint density at radius 3 is 2.75 bits per heavy atom. The molecule has 5 heteroatoms. The molecule has 1 unspecified atom stereocenters. The first-order valence-electron chi connectivity index (χ1n) is 6.25. The van der Waals surface area contributed by atoms with E-state index in [2.05, 4.69) is 13.0 Å². The first kappa shape index (κ1) is 18.3. The third-order valence-electron chi connectivity index (χ3n) is 2.71. The molecule has 0 fully saturated rings. The smallest absolute Gasteiger partial charge is 0.414 e. The van der Waals surface area contributed by atoms with Crippen LogP contribution >= 0.6 is 0 Å². The lowest BCUT2D eigenvalue weighted by molar-refractivity contribution is -0.871. The Hall–Kier alpha value is -1.70. The maximum absolute atomic E-state index is 11.5. The van der Waals surface area contributed by atoms with Gasteiger partial charge in [-0.15, -0.1) is 6.42 Å². The highest BCUT2D eigenvalue weighted by Gasteiger charge is 2.07. The molecule has 0 aromatic heterocycles. The number of halogens is 1. The molecule has 0 spiro atoms. The van der Waals surface area contributed by atoms with Crippen molar-refractivity contribution in [2.45, 2.75) is 6.42 Å². The molecular weight excluding hydrogens is 276 g/mol. The lowest BCUT2D eigenvalue weighted by Gasteiger charge is -2.12. The Balaban J connectivity index is 0.00000361. The number of carbonyl (C=O) groups is 1. The van der Waals surface area contributed by atoms with E-state index in [9.17, 15) is 4.79 Å². The van der Waals surface area contributed by atoms with Gasteiger partial charge in [-0.1, -0.05) is 12.1 Å². The summed E-state index contributed by atoms with van der Waals surface area (Å²) in [6, 6.07) is 7.59. The van der Waals surface area contributed by atoms with Gasteiger partial charge in [-0.3, -0.25) is 0 Å². The number of likely N-dealkylation sites (N-methyl/N-ethyl adjacent to an activating group) is 1. The topological polar surface area (TPSA) is 34.0 Å². The number of rotatable bonds is 5. The molecule has 0 saturated carbocycles. The van der Waals surface area contributed by atoms with Gasteiger partial charge in [0, 0.05) is 20.5 Å². The predicted octanol–water partition coefficient (Wildman–Crippen LogP) is -2.56. The highest BCUT2D eigenvalue weighted by atomic mass is 35.5. The minimum Gasteiger partial charge on any atom is -1.00 e. The van der Waals surface area contributed by atoms with Gasteiger partial charge in [0.05, 0.1) is 13.6 Å². The van der Waals surface area contributed by atoms with Gasteiger partial charge >= 0.3 is 6.09 Å². The quantitative estimate of drug-likeness (QED) is 0.607. The monoisotopic (exact) mass is 296 g/mol. The van der Waals surface area contributed by atoms with Gasteiger partial charge in [0.1, 0.15) is 12.3 Å². The summed E-state index contributed by atoms with van der Waals surface area (Å²) in [5.74, 6) is 3.22. The summed E-state index contributed by atoms with van der Waals surface area (Å²) in [7, 11) is 5.38. The van der Waals surface area contributed by atoms with Crippen molar-refractivity contribution in [1.29, 1.82) is 0 Å². The Bertz CT molecular complexity index is 469. The molecule has 1 aromatic rings. The van der Waals surface area contributed by atoms with Crippen molar-refractivity contribution in [1.82, 2.24) is 4.90 Å². The normalized spacial score (nSPS) is 10.9. The molecule has 1 amide bonds. The van der Waals surface area contributed by atoms with E-state index in [1.54, 1.807) is 20.2 Å². The van der Waals surface area contributed by atoms with E-state index in [1.165, 1.54) is 9.80 Å². The van der Waals surface area contributed by atoms with Gasteiger partial charge in [-0.25, -0.2) is 4.79 Å². The Labute approximate surface area is 127 Å². The third-order valence-corrected chi connectivity index (χ3v) is 2.71. The summed E-state index contributed by atoms with van der Waals surface area (Å²) in [5.41, 5.74) is 1.14. The number of ether oxygens (including phenoxy) is 1. The van der Waals surface area contributed by atoms with Gasteiger partial charge in [-0.2, -0.15) is 0 Å². The number of amides is 1. The zero-order valence-corrected chi connectivity index (χ0v) is 12.9. The highest BCUT2D eigenvalue weighted by Crippen LogP contribution is 2.14. The fourth-order valence-electron chi connectivity index (χ4n) is 1.58. The predicted molar refractivity (Wildman–Crippen MR) is 75.3 cm³/mol. The molecule has 0 saturated heterocycles. The van der Waals surface area contributed by atoms with Crippen LogP contribution in [0.5, 0.6) is 5.75 Å². The van der Waals surface area contributed by atoms with Crippen molar-refractivity contribution in [3.8, 4) is 18.1 Å². The van der Waals surface area contributed by atoms with E-state index in [0.29, 0.717) is 5.75 Å². The van der Waals surface area contributed by atoms with Crippen molar-refractivity contribution in [3.05, 3.63) is 29.8 Å². The van der Waals surface area contributed by atoms with E-state index in [0.717, 1.165) is 25.1 Å². The summed E-state index contributed by atoms with van der Waals surface area (Å²) in [4.78, 5) is 14.1. The molecule has 0 aliphatic rings. The van der Waals surface area contributed by atoms with E-state index < -0.39 is 0 Å². The van der Waals surface area contributed by atoms with Crippen molar-refractivity contribution < 1.29 is 26.8 Å². The van der Waals surface area contributed by atoms with Crippen LogP contribution in [0.15, 0.2) is 24.3 Å². The molecule has 110 valence electrons. The molecule has 1 atom stereocenters. The van der Waals surface area contributed by atoms with E-state index in [1.807, 2.05) is 18.2 Å². The lowest BCUT2D eigenvalue weighted by Crippen LogP contribution is -3.09. The van der Waals surface area contributed by atoms with Crippen LogP contribution in [-0.2, 0) is 6.42 Å². The van der Waals surface area contributed by atoms with E-state index in [-0.39, 0.29) is 18.5 Å². The third kappa shape index (κ3) is 6.46.